The lowest BCUT2D eigenvalue weighted by atomic mass is 9.86. The van der Waals surface area contributed by atoms with E-state index >= 15 is 0 Å². The molecule has 0 atom stereocenters. The predicted molar refractivity (Wildman–Crippen MR) is 130 cm³/mol. The van der Waals surface area contributed by atoms with Crippen molar-refractivity contribution in [2.75, 3.05) is 0 Å². The average molecular weight is 385 g/mol. The monoisotopic (exact) mass is 384 g/mol. The number of hydrogen-bond acceptors (Lipinski definition) is 0. The molecule has 0 aromatic heterocycles. The van der Waals surface area contributed by atoms with E-state index in [0.29, 0.717) is 0 Å². The van der Waals surface area contributed by atoms with Crippen LogP contribution in [0.3, 0.4) is 0 Å². The maximum Gasteiger partial charge on any atom is 0.108 e. The van der Waals surface area contributed by atoms with Gasteiger partial charge in [0.15, 0.2) is 0 Å². The lowest BCUT2D eigenvalue weighted by molar-refractivity contribution is 1.22. The first-order valence-electron chi connectivity index (χ1n) is 10.6. The largest absolute Gasteiger partial charge is 0.108 e. The van der Waals surface area contributed by atoms with Crippen LogP contribution in [-0.2, 0) is 6.42 Å². The third-order valence-corrected chi connectivity index (χ3v) is 11.5. The second-order valence-corrected chi connectivity index (χ2v) is 13.4. The van der Waals surface area contributed by atoms with Gasteiger partial charge in [0.25, 0.3) is 0 Å². The van der Waals surface area contributed by atoms with Gasteiger partial charge in [0.05, 0.1) is 0 Å². The molecule has 0 saturated heterocycles. The zero-order chi connectivity index (χ0) is 20.4. The molecule has 0 fully saturated rings. The molecule has 2 aromatic carbocycles. The highest BCUT2D eigenvalue weighted by molar-refractivity contribution is 6.98. The highest BCUT2D eigenvalue weighted by Crippen LogP contribution is 2.46. The summed E-state index contributed by atoms with van der Waals surface area (Å²) < 4.78 is 0. The SMILES string of the molecule is C=CC1=C(CC)c2ccc3c(/C=C\C)c(C)c4c(c3c2C1)C(C)=C(C)[Si]4(C)C. The summed E-state index contributed by atoms with van der Waals surface area (Å²) >= 11 is 0. The summed E-state index contributed by atoms with van der Waals surface area (Å²) in [5.41, 5.74) is 11.9. The lowest BCUT2D eigenvalue weighted by Crippen LogP contribution is -2.43. The fraction of sp³-hybridized carbons (Fsp3) is 0.333. The molecule has 0 amide bonds. The van der Waals surface area contributed by atoms with E-state index < -0.39 is 8.07 Å². The van der Waals surface area contributed by atoms with E-state index in [4.69, 9.17) is 0 Å². The van der Waals surface area contributed by atoms with Crippen LogP contribution in [0, 0.1) is 6.92 Å². The minimum absolute atomic E-state index is 1.03. The second kappa shape index (κ2) is 6.45. The van der Waals surface area contributed by atoms with Gasteiger partial charge in [-0.1, -0.05) is 62.2 Å². The van der Waals surface area contributed by atoms with Gasteiger partial charge >= 0.3 is 0 Å². The van der Waals surface area contributed by atoms with Crippen LogP contribution in [0.2, 0.25) is 13.1 Å². The molecule has 1 heteroatoms. The number of rotatable bonds is 3. The van der Waals surface area contributed by atoms with Crippen molar-refractivity contribution >= 4 is 41.3 Å². The molecule has 4 rings (SSSR count). The molecule has 0 bridgehead atoms. The van der Waals surface area contributed by atoms with Crippen LogP contribution in [0.4, 0.5) is 0 Å². The number of benzene rings is 2. The van der Waals surface area contributed by atoms with Gasteiger partial charge in [-0.25, -0.2) is 0 Å². The van der Waals surface area contributed by atoms with Gasteiger partial charge in [-0.15, -0.1) is 0 Å². The normalized spacial score (nSPS) is 17.8. The Balaban J connectivity index is 2.23. The van der Waals surface area contributed by atoms with Crippen LogP contribution in [0.1, 0.15) is 61.9 Å². The number of fused-ring (bicyclic) bond motifs is 5. The quantitative estimate of drug-likeness (QED) is 0.485. The fourth-order valence-electron chi connectivity index (χ4n) is 5.74. The Labute approximate surface area is 171 Å². The molecular formula is C27H32Si. The summed E-state index contributed by atoms with van der Waals surface area (Å²) in [6, 6.07) is 4.75. The van der Waals surface area contributed by atoms with Crippen molar-refractivity contribution in [1.82, 2.24) is 0 Å². The zero-order valence-corrected chi connectivity index (χ0v) is 19.5. The molecule has 0 N–H and O–H groups in total. The van der Waals surface area contributed by atoms with Crippen LogP contribution in [-0.4, -0.2) is 8.07 Å². The molecule has 1 aliphatic carbocycles. The molecular weight excluding hydrogens is 352 g/mol. The highest BCUT2D eigenvalue weighted by Gasteiger charge is 2.40. The van der Waals surface area contributed by atoms with Gasteiger partial charge in [-0.2, -0.15) is 0 Å². The van der Waals surface area contributed by atoms with Crippen LogP contribution >= 0.6 is 0 Å². The van der Waals surface area contributed by atoms with E-state index in [1.165, 1.54) is 49.7 Å². The van der Waals surface area contributed by atoms with Gasteiger partial charge in [-0.3, -0.25) is 0 Å². The topological polar surface area (TPSA) is 0 Å². The van der Waals surface area contributed by atoms with Crippen molar-refractivity contribution in [1.29, 1.82) is 0 Å². The van der Waals surface area contributed by atoms with Gasteiger partial charge in [0.1, 0.15) is 8.07 Å². The third-order valence-electron chi connectivity index (χ3n) is 7.40. The Morgan fingerprint density at radius 1 is 1.14 bits per heavy atom. The maximum atomic E-state index is 4.12. The first-order valence-corrected chi connectivity index (χ1v) is 13.6. The molecule has 2 aliphatic rings. The van der Waals surface area contributed by atoms with E-state index in [-0.39, 0.29) is 0 Å². The Kier molecular flexibility index (Phi) is 4.43. The summed E-state index contributed by atoms with van der Waals surface area (Å²) in [6.07, 6.45) is 8.71. The summed E-state index contributed by atoms with van der Waals surface area (Å²) in [4.78, 5) is 0. The Bertz CT molecular complexity index is 1130. The third kappa shape index (κ3) is 2.29. The summed E-state index contributed by atoms with van der Waals surface area (Å²) in [5.74, 6) is 0. The predicted octanol–water partition coefficient (Wildman–Crippen LogP) is 7.35. The molecule has 0 spiro atoms. The standard InChI is InChI=1S/C27H32Si/c1-9-12-21-17(5)27-25(16(4)18(6)28(27,7)8)26-23(21)14-13-22-20(11-3)19(10-2)15-24(22)26/h9-10,12-14H,2,11,15H2,1,3-8H3/b12-9-. The van der Waals surface area contributed by atoms with Crippen molar-refractivity contribution in [3.8, 4) is 0 Å². The maximum absolute atomic E-state index is 4.12. The molecule has 0 radical (unpaired) electrons. The van der Waals surface area contributed by atoms with Gasteiger partial charge in [0.2, 0.25) is 0 Å². The summed E-state index contributed by atoms with van der Waals surface area (Å²) in [7, 11) is -1.62. The van der Waals surface area contributed by atoms with Gasteiger partial charge in [-0.05, 0) is 101 Å². The Morgan fingerprint density at radius 2 is 1.86 bits per heavy atom. The first kappa shape index (κ1) is 19.2. The molecule has 2 aromatic rings. The molecule has 0 saturated carbocycles. The van der Waals surface area contributed by atoms with Crippen LogP contribution in [0.15, 0.2) is 41.6 Å². The second-order valence-electron chi connectivity index (χ2n) is 8.92. The van der Waals surface area contributed by atoms with E-state index in [2.05, 4.69) is 84.7 Å². The minimum Gasteiger partial charge on any atom is -0.0988 e. The zero-order valence-electron chi connectivity index (χ0n) is 18.5. The average Bonchev–Trinajstić information content (AvgIpc) is 3.13. The minimum atomic E-state index is -1.62. The van der Waals surface area contributed by atoms with Gasteiger partial charge < -0.3 is 0 Å². The van der Waals surface area contributed by atoms with Crippen LogP contribution in [0.5, 0.6) is 0 Å². The van der Waals surface area contributed by atoms with Crippen molar-refractivity contribution in [3.63, 3.8) is 0 Å². The Morgan fingerprint density at radius 3 is 2.46 bits per heavy atom. The molecule has 28 heavy (non-hydrogen) atoms. The van der Waals surface area contributed by atoms with Crippen LogP contribution in [0.25, 0.3) is 28.0 Å². The number of hydrogen-bond donors (Lipinski definition) is 0. The highest BCUT2D eigenvalue weighted by atomic mass is 28.3. The smallest absolute Gasteiger partial charge is 0.0988 e. The number of allylic oxidation sites excluding steroid dienone is 6. The molecule has 1 heterocycles. The summed E-state index contributed by atoms with van der Waals surface area (Å²) in [6.45, 7) is 20.7. The van der Waals surface area contributed by atoms with Crippen molar-refractivity contribution in [2.45, 2.75) is 60.6 Å². The van der Waals surface area contributed by atoms with Crippen LogP contribution < -0.4 is 5.19 Å². The van der Waals surface area contributed by atoms with Crippen molar-refractivity contribution < 1.29 is 0 Å². The molecule has 0 unspecified atom stereocenters. The van der Waals surface area contributed by atoms with Crippen molar-refractivity contribution in [2.24, 2.45) is 0 Å². The van der Waals surface area contributed by atoms with Crippen molar-refractivity contribution in [3.05, 3.63) is 69.5 Å². The lowest BCUT2D eigenvalue weighted by Gasteiger charge is -2.25. The van der Waals surface area contributed by atoms with E-state index in [9.17, 15) is 0 Å². The van der Waals surface area contributed by atoms with E-state index in [1.807, 2.05) is 0 Å². The summed E-state index contributed by atoms with van der Waals surface area (Å²) in [5, 5.41) is 6.26. The molecule has 0 nitrogen and oxygen atoms in total. The Hall–Kier alpha value is -2.12. The molecule has 144 valence electrons. The van der Waals surface area contributed by atoms with Gasteiger partial charge in [0, 0.05) is 0 Å². The van der Waals surface area contributed by atoms with E-state index in [0.717, 1.165) is 12.8 Å². The molecule has 1 aliphatic heterocycles. The fourth-order valence-corrected chi connectivity index (χ4v) is 9.18. The first-order chi connectivity index (χ1) is 13.3. The van der Waals surface area contributed by atoms with E-state index in [1.54, 1.807) is 15.9 Å².